The van der Waals surface area contributed by atoms with E-state index >= 15 is 0 Å². The van der Waals surface area contributed by atoms with Crippen molar-refractivity contribution in [1.29, 1.82) is 0 Å². The monoisotopic (exact) mass is 425 g/mol. The van der Waals surface area contributed by atoms with E-state index in [-0.39, 0.29) is 6.10 Å². The Balaban J connectivity index is 2.11. The quantitative estimate of drug-likeness (QED) is 0.611. The lowest BCUT2D eigenvalue weighted by molar-refractivity contribution is 0.239. The van der Waals surface area contributed by atoms with Gasteiger partial charge in [0.2, 0.25) is 0 Å². The average Bonchev–Trinajstić information content (AvgIpc) is 2.44. The Kier molecular flexibility index (Phi) is 5.93. The molecular formula is C18H21Br2NO. The van der Waals surface area contributed by atoms with E-state index in [0.29, 0.717) is 0 Å². The molecule has 2 aromatic carbocycles. The predicted molar refractivity (Wildman–Crippen MR) is 101 cm³/mol. The Morgan fingerprint density at radius 1 is 1.00 bits per heavy atom. The summed E-state index contributed by atoms with van der Waals surface area (Å²) in [6, 6.07) is 10.6. The Morgan fingerprint density at radius 2 is 1.64 bits per heavy atom. The van der Waals surface area contributed by atoms with Crippen molar-refractivity contribution in [2.75, 3.05) is 5.32 Å². The summed E-state index contributed by atoms with van der Waals surface area (Å²) >= 11 is 7.18. The summed E-state index contributed by atoms with van der Waals surface area (Å²) in [4.78, 5) is 0. The first-order valence-electron chi connectivity index (χ1n) is 7.32. The normalized spacial score (nSPS) is 10.9. The number of hydrogen-bond acceptors (Lipinski definition) is 2. The zero-order valence-electron chi connectivity index (χ0n) is 13.3. The summed E-state index contributed by atoms with van der Waals surface area (Å²) < 4.78 is 7.74. The number of halogens is 2. The van der Waals surface area contributed by atoms with Crippen molar-refractivity contribution in [3.63, 3.8) is 0 Å². The highest BCUT2D eigenvalue weighted by molar-refractivity contribution is 9.11. The predicted octanol–water partition coefficient (Wildman–Crippen LogP) is 6.23. The van der Waals surface area contributed by atoms with E-state index in [1.54, 1.807) is 0 Å². The Hall–Kier alpha value is -1.000. The number of nitrogens with one attached hydrogen (secondary N) is 1. The SMILES string of the molecule is Cc1ccc(NCc2cc(Br)c(OC(C)C)c(Br)c2)cc1C. The summed E-state index contributed by atoms with van der Waals surface area (Å²) in [5.74, 6) is 0.852. The van der Waals surface area contributed by atoms with Gasteiger partial charge in [-0.1, -0.05) is 6.07 Å². The third-order valence-corrected chi connectivity index (χ3v) is 4.59. The van der Waals surface area contributed by atoms with E-state index in [1.165, 1.54) is 16.7 Å². The second-order valence-electron chi connectivity index (χ2n) is 5.71. The van der Waals surface area contributed by atoms with Crippen molar-refractivity contribution in [2.24, 2.45) is 0 Å². The molecule has 0 atom stereocenters. The summed E-state index contributed by atoms with van der Waals surface area (Å²) in [5, 5.41) is 3.46. The molecule has 0 aliphatic heterocycles. The fourth-order valence-electron chi connectivity index (χ4n) is 2.12. The van der Waals surface area contributed by atoms with Gasteiger partial charge in [0, 0.05) is 12.2 Å². The maximum atomic E-state index is 5.81. The molecule has 0 saturated heterocycles. The molecule has 0 aliphatic carbocycles. The molecule has 0 saturated carbocycles. The van der Waals surface area contributed by atoms with Crippen LogP contribution in [-0.2, 0) is 6.54 Å². The third kappa shape index (κ3) is 4.50. The van der Waals surface area contributed by atoms with Gasteiger partial charge in [-0.05, 0) is 101 Å². The molecule has 2 nitrogen and oxygen atoms in total. The van der Waals surface area contributed by atoms with Crippen LogP contribution in [0, 0.1) is 13.8 Å². The Bertz CT molecular complexity index is 645. The van der Waals surface area contributed by atoms with Crippen LogP contribution in [0.3, 0.4) is 0 Å². The summed E-state index contributed by atoms with van der Waals surface area (Å²) in [6.07, 6.45) is 0.145. The van der Waals surface area contributed by atoms with Crippen molar-refractivity contribution >= 4 is 37.5 Å². The molecular weight excluding hydrogens is 406 g/mol. The third-order valence-electron chi connectivity index (χ3n) is 3.42. The molecule has 118 valence electrons. The molecule has 0 heterocycles. The first-order valence-corrected chi connectivity index (χ1v) is 8.91. The molecule has 0 spiro atoms. The van der Waals surface area contributed by atoms with Crippen LogP contribution in [0.1, 0.15) is 30.5 Å². The van der Waals surface area contributed by atoms with E-state index < -0.39 is 0 Å². The van der Waals surface area contributed by atoms with Gasteiger partial charge in [0.25, 0.3) is 0 Å². The maximum absolute atomic E-state index is 5.81. The van der Waals surface area contributed by atoms with E-state index in [0.717, 1.165) is 26.9 Å². The molecule has 0 fully saturated rings. The van der Waals surface area contributed by atoms with E-state index in [9.17, 15) is 0 Å². The standard InChI is InChI=1S/C18H21Br2NO/c1-11(2)22-18-16(19)8-14(9-17(18)20)10-21-15-6-5-12(3)13(4)7-15/h5-9,11,21H,10H2,1-4H3. The van der Waals surface area contributed by atoms with Crippen LogP contribution in [0.15, 0.2) is 39.3 Å². The zero-order valence-corrected chi connectivity index (χ0v) is 16.5. The minimum Gasteiger partial charge on any atom is -0.489 e. The number of ether oxygens (including phenoxy) is 1. The molecule has 2 rings (SSSR count). The van der Waals surface area contributed by atoms with Gasteiger partial charge < -0.3 is 10.1 Å². The van der Waals surface area contributed by atoms with Crippen LogP contribution >= 0.6 is 31.9 Å². The van der Waals surface area contributed by atoms with E-state index in [4.69, 9.17) is 4.74 Å². The number of benzene rings is 2. The van der Waals surface area contributed by atoms with Gasteiger partial charge in [-0.3, -0.25) is 0 Å². The lowest BCUT2D eigenvalue weighted by Crippen LogP contribution is -2.07. The number of aryl methyl sites for hydroxylation is 2. The Morgan fingerprint density at radius 3 is 2.18 bits per heavy atom. The zero-order chi connectivity index (χ0) is 16.3. The van der Waals surface area contributed by atoms with Gasteiger partial charge in [0.1, 0.15) is 5.75 Å². The van der Waals surface area contributed by atoms with Crippen LogP contribution in [-0.4, -0.2) is 6.10 Å². The van der Waals surface area contributed by atoms with Crippen LogP contribution in [0.2, 0.25) is 0 Å². The first-order chi connectivity index (χ1) is 10.4. The van der Waals surface area contributed by atoms with Crippen molar-refractivity contribution < 1.29 is 4.74 Å². The topological polar surface area (TPSA) is 21.3 Å². The largest absolute Gasteiger partial charge is 0.489 e. The molecule has 1 N–H and O–H groups in total. The van der Waals surface area contributed by atoms with Gasteiger partial charge >= 0.3 is 0 Å². The Labute approximate surface area is 149 Å². The summed E-state index contributed by atoms with van der Waals surface area (Å²) in [5.41, 5.74) is 4.94. The van der Waals surface area contributed by atoms with Crippen molar-refractivity contribution in [1.82, 2.24) is 0 Å². The van der Waals surface area contributed by atoms with Crippen molar-refractivity contribution in [3.8, 4) is 5.75 Å². The van der Waals surface area contributed by atoms with Gasteiger partial charge in [-0.15, -0.1) is 0 Å². The van der Waals surface area contributed by atoms with Crippen LogP contribution in [0.4, 0.5) is 5.69 Å². The molecule has 0 aromatic heterocycles. The minimum absolute atomic E-state index is 0.145. The van der Waals surface area contributed by atoms with Crippen molar-refractivity contribution in [2.45, 2.75) is 40.3 Å². The fraction of sp³-hybridized carbons (Fsp3) is 0.333. The molecule has 0 aliphatic rings. The lowest BCUT2D eigenvalue weighted by Gasteiger charge is -2.15. The van der Waals surface area contributed by atoms with Crippen LogP contribution in [0.25, 0.3) is 0 Å². The van der Waals surface area contributed by atoms with Gasteiger partial charge in [0.05, 0.1) is 15.0 Å². The number of anilines is 1. The minimum atomic E-state index is 0.145. The first kappa shape index (κ1) is 17.4. The molecule has 0 unspecified atom stereocenters. The average molecular weight is 427 g/mol. The van der Waals surface area contributed by atoms with Crippen molar-refractivity contribution in [3.05, 3.63) is 56.0 Å². The highest BCUT2D eigenvalue weighted by Gasteiger charge is 2.10. The highest BCUT2D eigenvalue weighted by Crippen LogP contribution is 2.35. The molecule has 0 bridgehead atoms. The highest BCUT2D eigenvalue weighted by atomic mass is 79.9. The number of rotatable bonds is 5. The smallest absolute Gasteiger partial charge is 0.148 e. The second-order valence-corrected chi connectivity index (χ2v) is 7.42. The molecule has 0 radical (unpaired) electrons. The maximum Gasteiger partial charge on any atom is 0.148 e. The van der Waals surface area contributed by atoms with Gasteiger partial charge in [-0.2, -0.15) is 0 Å². The summed E-state index contributed by atoms with van der Waals surface area (Å²) in [6.45, 7) is 9.07. The molecule has 2 aromatic rings. The van der Waals surface area contributed by atoms with Gasteiger partial charge in [0.15, 0.2) is 0 Å². The van der Waals surface area contributed by atoms with E-state index in [1.807, 2.05) is 13.8 Å². The number of hydrogen-bond donors (Lipinski definition) is 1. The van der Waals surface area contributed by atoms with Gasteiger partial charge in [-0.25, -0.2) is 0 Å². The lowest BCUT2D eigenvalue weighted by atomic mass is 10.1. The molecule has 22 heavy (non-hydrogen) atoms. The van der Waals surface area contributed by atoms with Crippen LogP contribution < -0.4 is 10.1 Å². The molecule has 4 heteroatoms. The van der Waals surface area contributed by atoms with E-state index in [2.05, 4.69) is 81.4 Å². The summed E-state index contributed by atoms with van der Waals surface area (Å²) in [7, 11) is 0. The second kappa shape index (κ2) is 7.51. The fourth-order valence-corrected chi connectivity index (χ4v) is 3.59. The molecule has 0 amide bonds. The van der Waals surface area contributed by atoms with Crippen LogP contribution in [0.5, 0.6) is 5.75 Å².